The molecule has 0 aromatic rings. The molecule has 1 rings (SSSR count). The third kappa shape index (κ3) is 5.10. The molecule has 0 bridgehead atoms. The molecule has 1 aliphatic heterocycles. The van der Waals surface area contributed by atoms with Crippen LogP contribution in [0, 0.1) is 0 Å². The van der Waals surface area contributed by atoms with Crippen molar-refractivity contribution in [3.63, 3.8) is 0 Å². The van der Waals surface area contributed by atoms with E-state index in [9.17, 15) is 19.2 Å². The SMILES string of the molecule is COC(=O)[C@H]1O[C@@H](S)[C@H](OC(C)=O)[C@@H](OC(C)=O)[C@@H]1OC(C)=O. The first-order valence-electron chi connectivity index (χ1n) is 6.60. The van der Waals surface area contributed by atoms with E-state index in [0.29, 0.717) is 0 Å². The molecule has 23 heavy (non-hydrogen) atoms. The van der Waals surface area contributed by atoms with Crippen molar-refractivity contribution in [2.45, 2.75) is 50.6 Å². The monoisotopic (exact) mass is 350 g/mol. The summed E-state index contributed by atoms with van der Waals surface area (Å²) in [5.74, 6) is -3.01. The second-order valence-corrected chi connectivity index (χ2v) is 5.20. The fraction of sp³-hybridized carbons (Fsp3) is 0.692. The van der Waals surface area contributed by atoms with Gasteiger partial charge in [0.15, 0.2) is 24.4 Å². The fourth-order valence-electron chi connectivity index (χ4n) is 2.10. The van der Waals surface area contributed by atoms with Crippen molar-refractivity contribution in [3.05, 3.63) is 0 Å². The van der Waals surface area contributed by atoms with Gasteiger partial charge in [-0.05, 0) is 0 Å². The molecular formula is C13H18O9S. The number of hydrogen-bond acceptors (Lipinski definition) is 10. The molecule has 0 spiro atoms. The lowest BCUT2D eigenvalue weighted by molar-refractivity contribution is -0.234. The fourth-order valence-corrected chi connectivity index (χ4v) is 2.46. The van der Waals surface area contributed by atoms with Gasteiger partial charge < -0.3 is 23.7 Å². The molecular weight excluding hydrogens is 332 g/mol. The number of methoxy groups -OCH3 is 1. The Morgan fingerprint density at radius 3 is 1.70 bits per heavy atom. The van der Waals surface area contributed by atoms with Crippen LogP contribution in [0.4, 0.5) is 0 Å². The Labute approximate surface area is 137 Å². The molecule has 0 unspecified atom stereocenters. The van der Waals surface area contributed by atoms with E-state index in [0.717, 1.165) is 27.9 Å². The minimum atomic E-state index is -1.39. The lowest BCUT2D eigenvalue weighted by atomic mass is 9.99. The molecule has 0 radical (unpaired) electrons. The van der Waals surface area contributed by atoms with E-state index in [1.165, 1.54) is 0 Å². The lowest BCUT2D eigenvalue weighted by Gasteiger charge is -2.42. The van der Waals surface area contributed by atoms with Crippen LogP contribution >= 0.6 is 12.6 Å². The Morgan fingerprint density at radius 2 is 1.26 bits per heavy atom. The average Bonchev–Trinajstić information content (AvgIpc) is 2.43. The summed E-state index contributed by atoms with van der Waals surface area (Å²) in [5.41, 5.74) is -1.10. The van der Waals surface area contributed by atoms with Crippen molar-refractivity contribution in [1.82, 2.24) is 0 Å². The summed E-state index contributed by atoms with van der Waals surface area (Å²) in [4.78, 5) is 45.7. The molecule has 10 heteroatoms. The molecule has 1 fully saturated rings. The Kier molecular flexibility index (Phi) is 6.82. The maximum absolute atomic E-state index is 11.8. The van der Waals surface area contributed by atoms with Crippen LogP contribution in [0.1, 0.15) is 20.8 Å². The minimum Gasteiger partial charge on any atom is -0.467 e. The molecule has 0 aliphatic carbocycles. The Hall–Kier alpha value is -1.81. The van der Waals surface area contributed by atoms with Gasteiger partial charge in [0.1, 0.15) is 5.44 Å². The Bertz CT molecular complexity index is 492. The number of hydrogen-bond donors (Lipinski definition) is 1. The normalized spacial score (nSPS) is 30.0. The first-order valence-corrected chi connectivity index (χ1v) is 7.12. The molecule has 0 aromatic heterocycles. The second-order valence-electron chi connectivity index (χ2n) is 4.69. The van der Waals surface area contributed by atoms with Crippen molar-refractivity contribution in [1.29, 1.82) is 0 Å². The second kappa shape index (κ2) is 8.16. The maximum atomic E-state index is 11.8. The van der Waals surface area contributed by atoms with Crippen molar-refractivity contribution >= 4 is 36.5 Å². The maximum Gasteiger partial charge on any atom is 0.339 e. The van der Waals surface area contributed by atoms with E-state index in [1.807, 2.05) is 0 Å². The minimum absolute atomic E-state index is 0.687. The zero-order valence-electron chi connectivity index (χ0n) is 13.0. The van der Waals surface area contributed by atoms with Crippen LogP contribution in [0.2, 0.25) is 0 Å². The van der Waals surface area contributed by atoms with E-state index in [4.69, 9.17) is 18.9 Å². The summed E-state index contributed by atoms with van der Waals surface area (Å²) in [6.45, 7) is 3.36. The highest BCUT2D eigenvalue weighted by atomic mass is 32.1. The average molecular weight is 350 g/mol. The van der Waals surface area contributed by atoms with Gasteiger partial charge in [-0.25, -0.2) is 4.79 Å². The summed E-state index contributed by atoms with van der Waals surface area (Å²) < 4.78 is 25.0. The topological polar surface area (TPSA) is 114 Å². The van der Waals surface area contributed by atoms with E-state index in [2.05, 4.69) is 17.4 Å². The summed E-state index contributed by atoms with van der Waals surface area (Å²) in [6.07, 6.45) is -5.19. The van der Waals surface area contributed by atoms with E-state index in [-0.39, 0.29) is 0 Å². The first kappa shape index (κ1) is 19.2. The van der Waals surface area contributed by atoms with E-state index < -0.39 is 53.7 Å². The van der Waals surface area contributed by atoms with E-state index >= 15 is 0 Å². The largest absolute Gasteiger partial charge is 0.467 e. The summed E-state index contributed by atoms with van der Waals surface area (Å²) in [5, 5.41) is 0. The number of carbonyl (C=O) groups is 4. The third-order valence-corrected chi connectivity index (χ3v) is 3.27. The number of thiol groups is 1. The van der Waals surface area contributed by atoms with Crippen molar-refractivity contribution < 1.29 is 42.9 Å². The van der Waals surface area contributed by atoms with E-state index in [1.54, 1.807) is 0 Å². The summed E-state index contributed by atoms with van der Waals surface area (Å²) in [6, 6.07) is 0. The molecule has 130 valence electrons. The Balaban J connectivity index is 3.21. The molecule has 5 atom stereocenters. The highest BCUT2D eigenvalue weighted by Crippen LogP contribution is 2.30. The van der Waals surface area contributed by atoms with Gasteiger partial charge in [-0.15, -0.1) is 12.6 Å². The zero-order valence-corrected chi connectivity index (χ0v) is 13.9. The van der Waals surface area contributed by atoms with Crippen molar-refractivity contribution in [3.8, 4) is 0 Å². The number of esters is 4. The summed E-state index contributed by atoms with van der Waals surface area (Å²) in [7, 11) is 1.11. The zero-order chi connectivity index (χ0) is 17.7. The predicted octanol–water partition coefficient (Wildman–Crippen LogP) is -0.391. The standard InChI is InChI=1S/C13H18O9S/c1-5(14)19-8-9(20-6(2)15)11(21-7(3)16)13(23)22-10(8)12(17)18-4/h8-11,13,23H,1-4H3/t8-,9-,10-,11+,13-/m0/s1. The van der Waals surface area contributed by atoms with Crippen LogP contribution < -0.4 is 0 Å². The van der Waals surface area contributed by atoms with Gasteiger partial charge in [0.25, 0.3) is 0 Å². The van der Waals surface area contributed by atoms with Crippen LogP contribution in [0.3, 0.4) is 0 Å². The number of ether oxygens (including phenoxy) is 5. The van der Waals surface area contributed by atoms with Crippen molar-refractivity contribution in [2.24, 2.45) is 0 Å². The lowest BCUT2D eigenvalue weighted by Crippen LogP contribution is -2.62. The molecule has 1 heterocycles. The molecule has 0 saturated carbocycles. The van der Waals surface area contributed by atoms with Gasteiger partial charge in [0.05, 0.1) is 7.11 Å². The number of carbonyl (C=O) groups excluding carboxylic acids is 4. The highest BCUT2D eigenvalue weighted by molar-refractivity contribution is 7.80. The van der Waals surface area contributed by atoms with Gasteiger partial charge in [-0.3, -0.25) is 14.4 Å². The summed E-state index contributed by atoms with van der Waals surface area (Å²) >= 11 is 4.10. The third-order valence-electron chi connectivity index (χ3n) is 2.85. The van der Waals surface area contributed by atoms with Gasteiger partial charge in [0, 0.05) is 20.8 Å². The van der Waals surface area contributed by atoms with Crippen LogP contribution in [0.15, 0.2) is 0 Å². The predicted molar refractivity (Wildman–Crippen MR) is 76.3 cm³/mol. The molecule has 9 nitrogen and oxygen atoms in total. The molecule has 1 saturated heterocycles. The quantitative estimate of drug-likeness (QED) is 0.411. The number of rotatable bonds is 4. The van der Waals surface area contributed by atoms with Gasteiger partial charge in [-0.1, -0.05) is 0 Å². The van der Waals surface area contributed by atoms with Gasteiger partial charge in [0.2, 0.25) is 0 Å². The molecule has 0 amide bonds. The molecule has 0 aromatic carbocycles. The van der Waals surface area contributed by atoms with Crippen LogP contribution in [-0.2, 0) is 42.9 Å². The first-order chi connectivity index (χ1) is 10.7. The van der Waals surface area contributed by atoms with Crippen LogP contribution in [0.5, 0.6) is 0 Å². The van der Waals surface area contributed by atoms with Crippen molar-refractivity contribution in [2.75, 3.05) is 7.11 Å². The van der Waals surface area contributed by atoms with Crippen LogP contribution in [-0.4, -0.2) is 60.8 Å². The van der Waals surface area contributed by atoms with Crippen LogP contribution in [0.25, 0.3) is 0 Å². The smallest absolute Gasteiger partial charge is 0.339 e. The highest BCUT2D eigenvalue weighted by Gasteiger charge is 2.53. The molecule has 0 N–H and O–H groups in total. The Morgan fingerprint density at radius 1 is 0.826 bits per heavy atom. The van der Waals surface area contributed by atoms with Gasteiger partial charge in [-0.2, -0.15) is 0 Å². The van der Waals surface area contributed by atoms with Gasteiger partial charge >= 0.3 is 23.9 Å². The molecule has 1 aliphatic rings.